The highest BCUT2D eigenvalue weighted by Gasteiger charge is 2.21. The molecule has 114 valence electrons. The molecule has 1 fully saturated rings. The van der Waals surface area contributed by atoms with E-state index in [0.29, 0.717) is 12.1 Å². The topological polar surface area (TPSA) is 63.9 Å². The molecule has 0 atom stereocenters. The predicted octanol–water partition coefficient (Wildman–Crippen LogP) is 2.90. The quantitative estimate of drug-likeness (QED) is 0.795. The minimum atomic E-state index is -0.167. The Labute approximate surface area is 132 Å². The van der Waals surface area contributed by atoms with E-state index in [1.165, 1.54) is 0 Å². The Morgan fingerprint density at radius 3 is 2.48 bits per heavy atom. The molecule has 0 unspecified atom stereocenters. The molecule has 3 rings (SSSR count). The summed E-state index contributed by atoms with van der Waals surface area (Å²) in [5.41, 5.74) is 2.54. The van der Waals surface area contributed by atoms with Crippen molar-refractivity contribution < 1.29 is 0 Å². The van der Waals surface area contributed by atoms with Crippen molar-refractivity contribution in [3.63, 3.8) is 0 Å². The minimum absolute atomic E-state index is 0.167. The lowest BCUT2D eigenvalue weighted by atomic mass is 10.0. The van der Waals surface area contributed by atoms with Crippen LogP contribution in [0.5, 0.6) is 0 Å². The number of nitrogens with zero attached hydrogens (tertiary/aromatic N) is 1. The van der Waals surface area contributed by atoms with Crippen LogP contribution in [0.2, 0.25) is 0 Å². The van der Waals surface area contributed by atoms with Crippen LogP contribution in [0, 0.1) is 0 Å². The summed E-state index contributed by atoms with van der Waals surface area (Å²) in [7, 11) is 0. The van der Waals surface area contributed by atoms with E-state index in [4.69, 9.17) is 0 Å². The van der Waals surface area contributed by atoms with Crippen LogP contribution in [-0.2, 0) is 0 Å². The van der Waals surface area contributed by atoms with Crippen molar-refractivity contribution in [3.05, 3.63) is 27.1 Å². The smallest absolute Gasteiger partial charge is 0.323 e. The van der Waals surface area contributed by atoms with E-state index in [1.54, 1.807) is 0 Å². The van der Waals surface area contributed by atoms with Crippen LogP contribution < -0.4 is 11.0 Å². The van der Waals surface area contributed by atoms with Gasteiger partial charge < -0.3 is 20.2 Å². The van der Waals surface area contributed by atoms with Crippen LogP contribution in [0.1, 0.15) is 26.7 Å². The molecule has 0 bridgehead atoms. The Morgan fingerprint density at radius 2 is 1.86 bits per heavy atom. The summed E-state index contributed by atoms with van der Waals surface area (Å²) in [5.74, 6) is 0. The van der Waals surface area contributed by atoms with Crippen molar-refractivity contribution in [2.24, 2.45) is 0 Å². The molecule has 3 N–H and O–H groups in total. The fourth-order valence-electron chi connectivity index (χ4n) is 2.95. The standard InChI is InChI=1S/C15H21BrN4O/c1-9(2)20-5-3-10(4-6-20)17-12-8-14-13(7-11(12)16)18-15(21)19-14/h7-10,17H,3-6H2,1-2H3,(H2,18,19,21). The van der Waals surface area contributed by atoms with E-state index in [2.05, 4.69) is 50.0 Å². The second kappa shape index (κ2) is 5.85. The summed E-state index contributed by atoms with van der Waals surface area (Å²) in [6.45, 7) is 6.77. The molecule has 0 amide bonds. The van der Waals surface area contributed by atoms with Gasteiger partial charge in [-0.1, -0.05) is 0 Å². The molecular formula is C15H21BrN4O. The molecule has 1 saturated heterocycles. The molecule has 2 heterocycles. The zero-order chi connectivity index (χ0) is 15.0. The van der Waals surface area contributed by atoms with Crippen LogP contribution in [0.25, 0.3) is 11.0 Å². The largest absolute Gasteiger partial charge is 0.381 e. The first-order valence-corrected chi connectivity index (χ1v) is 8.24. The molecule has 1 aliphatic heterocycles. The molecule has 2 aromatic rings. The Bertz CT molecular complexity index is 683. The van der Waals surface area contributed by atoms with Gasteiger partial charge in [0.1, 0.15) is 0 Å². The van der Waals surface area contributed by atoms with Gasteiger partial charge in [-0.05, 0) is 54.8 Å². The summed E-state index contributed by atoms with van der Waals surface area (Å²) in [6.07, 6.45) is 2.29. The summed E-state index contributed by atoms with van der Waals surface area (Å²) in [6, 6.07) is 5.05. The van der Waals surface area contributed by atoms with E-state index in [1.807, 2.05) is 12.1 Å². The number of aromatic nitrogens is 2. The molecule has 6 heteroatoms. The second-order valence-electron chi connectivity index (χ2n) is 6.01. The van der Waals surface area contributed by atoms with Crippen molar-refractivity contribution in [1.29, 1.82) is 0 Å². The monoisotopic (exact) mass is 352 g/mol. The molecule has 1 aromatic heterocycles. The lowest BCUT2D eigenvalue weighted by Gasteiger charge is -2.35. The van der Waals surface area contributed by atoms with E-state index < -0.39 is 0 Å². The molecule has 1 aromatic carbocycles. The van der Waals surface area contributed by atoms with Crippen molar-refractivity contribution in [3.8, 4) is 0 Å². The zero-order valence-corrected chi connectivity index (χ0v) is 14.0. The number of benzene rings is 1. The number of nitrogens with one attached hydrogen (secondary N) is 3. The average molecular weight is 353 g/mol. The van der Waals surface area contributed by atoms with E-state index in [9.17, 15) is 4.79 Å². The van der Waals surface area contributed by atoms with E-state index >= 15 is 0 Å². The Balaban J connectivity index is 1.73. The first kappa shape index (κ1) is 14.7. The summed E-state index contributed by atoms with van der Waals surface area (Å²) in [5, 5.41) is 3.60. The van der Waals surface area contributed by atoms with Crippen LogP contribution >= 0.6 is 15.9 Å². The number of hydrogen-bond acceptors (Lipinski definition) is 3. The first-order chi connectivity index (χ1) is 10.0. The van der Waals surface area contributed by atoms with Crippen molar-refractivity contribution >= 4 is 32.7 Å². The van der Waals surface area contributed by atoms with Crippen molar-refractivity contribution in [1.82, 2.24) is 14.9 Å². The number of piperidine rings is 1. The average Bonchev–Trinajstić information content (AvgIpc) is 2.79. The SMILES string of the molecule is CC(C)N1CCC(Nc2cc3[nH]c(=O)[nH]c3cc2Br)CC1. The van der Waals surface area contributed by atoms with Gasteiger partial charge in [0.2, 0.25) is 0 Å². The fourth-order valence-corrected chi connectivity index (χ4v) is 3.40. The fraction of sp³-hybridized carbons (Fsp3) is 0.533. The molecule has 5 nitrogen and oxygen atoms in total. The van der Waals surface area contributed by atoms with Gasteiger partial charge in [0.05, 0.1) is 16.7 Å². The number of H-pyrrole nitrogens is 2. The number of imidazole rings is 1. The Morgan fingerprint density at radius 1 is 1.24 bits per heavy atom. The van der Waals surface area contributed by atoms with Crippen LogP contribution in [0.15, 0.2) is 21.4 Å². The number of fused-ring (bicyclic) bond motifs is 1. The Kier molecular flexibility index (Phi) is 4.08. The molecule has 0 radical (unpaired) electrons. The first-order valence-electron chi connectivity index (χ1n) is 7.45. The molecule has 0 aliphatic carbocycles. The summed E-state index contributed by atoms with van der Waals surface area (Å²) in [4.78, 5) is 19.4. The van der Waals surface area contributed by atoms with Gasteiger partial charge in [0.25, 0.3) is 0 Å². The number of likely N-dealkylation sites (tertiary alicyclic amines) is 1. The van der Waals surface area contributed by atoms with Crippen LogP contribution in [-0.4, -0.2) is 40.0 Å². The third kappa shape index (κ3) is 3.16. The maximum atomic E-state index is 11.3. The van der Waals surface area contributed by atoms with E-state index in [0.717, 1.165) is 47.1 Å². The number of halogens is 1. The molecule has 1 aliphatic rings. The van der Waals surface area contributed by atoms with Gasteiger partial charge in [-0.15, -0.1) is 0 Å². The highest BCUT2D eigenvalue weighted by Crippen LogP contribution is 2.28. The third-order valence-electron chi connectivity index (χ3n) is 4.22. The number of rotatable bonds is 3. The van der Waals surface area contributed by atoms with Gasteiger partial charge in [-0.2, -0.15) is 0 Å². The van der Waals surface area contributed by atoms with Gasteiger partial charge >= 0.3 is 5.69 Å². The van der Waals surface area contributed by atoms with Gasteiger partial charge in [0, 0.05) is 29.6 Å². The number of hydrogen-bond donors (Lipinski definition) is 3. The maximum absolute atomic E-state index is 11.3. The van der Waals surface area contributed by atoms with Crippen LogP contribution in [0.4, 0.5) is 5.69 Å². The van der Waals surface area contributed by atoms with E-state index in [-0.39, 0.29) is 5.69 Å². The van der Waals surface area contributed by atoms with Gasteiger partial charge in [-0.25, -0.2) is 4.79 Å². The highest BCUT2D eigenvalue weighted by atomic mass is 79.9. The van der Waals surface area contributed by atoms with Gasteiger partial charge in [-0.3, -0.25) is 0 Å². The molecular weight excluding hydrogens is 332 g/mol. The normalized spacial score (nSPS) is 17.7. The second-order valence-corrected chi connectivity index (χ2v) is 6.86. The Hall–Kier alpha value is -1.27. The third-order valence-corrected chi connectivity index (χ3v) is 4.88. The summed E-state index contributed by atoms with van der Waals surface area (Å²) >= 11 is 3.58. The molecule has 0 spiro atoms. The zero-order valence-electron chi connectivity index (χ0n) is 12.4. The van der Waals surface area contributed by atoms with Gasteiger partial charge in [0.15, 0.2) is 0 Å². The number of anilines is 1. The minimum Gasteiger partial charge on any atom is -0.381 e. The predicted molar refractivity (Wildman–Crippen MR) is 90.0 cm³/mol. The highest BCUT2D eigenvalue weighted by molar-refractivity contribution is 9.10. The molecule has 0 saturated carbocycles. The lowest BCUT2D eigenvalue weighted by molar-refractivity contribution is 0.177. The van der Waals surface area contributed by atoms with Crippen molar-refractivity contribution in [2.45, 2.75) is 38.8 Å². The number of aromatic amines is 2. The van der Waals surface area contributed by atoms with Crippen LogP contribution in [0.3, 0.4) is 0 Å². The summed E-state index contributed by atoms with van der Waals surface area (Å²) < 4.78 is 0.983. The maximum Gasteiger partial charge on any atom is 0.323 e. The van der Waals surface area contributed by atoms with Crippen molar-refractivity contribution in [2.75, 3.05) is 18.4 Å². The lowest BCUT2D eigenvalue weighted by Crippen LogP contribution is -2.42. The molecule has 21 heavy (non-hydrogen) atoms.